The molecule has 13 heavy (non-hydrogen) atoms. The summed E-state index contributed by atoms with van der Waals surface area (Å²) >= 11 is 2.19. The lowest BCUT2D eigenvalue weighted by atomic mass is 9.78. The van der Waals surface area contributed by atoms with E-state index in [0.29, 0.717) is 5.92 Å². The first-order chi connectivity index (χ1) is 5.91. The molecule has 0 amide bonds. The Morgan fingerprint density at radius 2 is 2.00 bits per heavy atom. The first-order valence-electron chi connectivity index (χ1n) is 4.39. The second-order valence-electron chi connectivity index (χ2n) is 4.40. The molecule has 1 aromatic heterocycles. The molecule has 0 aliphatic carbocycles. The maximum absolute atomic E-state index is 3.96. The van der Waals surface area contributed by atoms with Gasteiger partial charge in [0.25, 0.3) is 0 Å². The molecule has 0 aromatic carbocycles. The van der Waals surface area contributed by atoms with E-state index < -0.39 is 0 Å². The third-order valence-electron chi connectivity index (χ3n) is 2.44. The number of nitrogens with zero attached hydrogens (tertiary/aromatic N) is 2. The van der Waals surface area contributed by atoms with Crippen molar-refractivity contribution in [1.82, 2.24) is 10.2 Å². The van der Waals surface area contributed by atoms with Gasteiger partial charge in [-0.05, 0) is 45.6 Å². The van der Waals surface area contributed by atoms with Gasteiger partial charge in [0.05, 0.1) is 6.20 Å². The van der Waals surface area contributed by atoms with Crippen LogP contribution in [-0.4, -0.2) is 10.2 Å². The summed E-state index contributed by atoms with van der Waals surface area (Å²) < 4.78 is 0.964. The summed E-state index contributed by atoms with van der Waals surface area (Å²) in [5.74, 6) is 0.511. The van der Waals surface area contributed by atoms with E-state index in [9.17, 15) is 0 Å². The quantitative estimate of drug-likeness (QED) is 0.742. The van der Waals surface area contributed by atoms with Crippen LogP contribution in [0.1, 0.15) is 39.2 Å². The molecule has 0 bridgehead atoms. The summed E-state index contributed by atoms with van der Waals surface area (Å²) in [5.41, 5.74) is 1.55. The maximum atomic E-state index is 3.96. The average molecular weight is 290 g/mol. The highest BCUT2D eigenvalue weighted by Crippen LogP contribution is 2.33. The van der Waals surface area contributed by atoms with Crippen molar-refractivity contribution in [2.75, 3.05) is 0 Å². The summed E-state index contributed by atoms with van der Waals surface area (Å²) in [4.78, 5) is 0. The lowest BCUT2D eigenvalue weighted by molar-refractivity contribution is 0.338. The molecule has 3 heteroatoms. The fourth-order valence-electron chi connectivity index (χ4n) is 1.09. The molecule has 0 aliphatic rings. The highest BCUT2D eigenvalue weighted by Gasteiger charge is 2.21. The van der Waals surface area contributed by atoms with E-state index in [1.807, 2.05) is 6.20 Å². The van der Waals surface area contributed by atoms with Crippen LogP contribution in [0.4, 0.5) is 0 Å². The Labute approximate surface area is 93.3 Å². The lowest BCUT2D eigenvalue weighted by Crippen LogP contribution is -2.15. The fourth-order valence-corrected chi connectivity index (χ4v) is 1.58. The van der Waals surface area contributed by atoms with Gasteiger partial charge in [0.2, 0.25) is 0 Å². The topological polar surface area (TPSA) is 25.8 Å². The fraction of sp³-hybridized carbons (Fsp3) is 0.600. The molecule has 0 aliphatic heterocycles. The van der Waals surface area contributed by atoms with Crippen LogP contribution in [0, 0.1) is 9.12 Å². The van der Waals surface area contributed by atoms with Crippen molar-refractivity contribution in [3.8, 4) is 0 Å². The Bertz CT molecular complexity index is 291. The van der Waals surface area contributed by atoms with E-state index in [-0.39, 0.29) is 5.41 Å². The zero-order valence-electron chi connectivity index (χ0n) is 8.50. The second kappa shape index (κ2) is 3.90. The van der Waals surface area contributed by atoms with Gasteiger partial charge in [-0.1, -0.05) is 27.7 Å². The molecule has 0 spiro atoms. The Kier molecular flexibility index (Phi) is 3.27. The van der Waals surface area contributed by atoms with Crippen LogP contribution in [0.25, 0.3) is 0 Å². The normalized spacial score (nSPS) is 14.2. The molecule has 0 fully saturated rings. The smallest absolute Gasteiger partial charge is 0.124 e. The standard InChI is InChI=1S/C10H15IN2/c1-7(10(2,3)4)8-5-9(11)13-12-6-8/h5-7H,1-4H3. The number of halogens is 1. The Morgan fingerprint density at radius 1 is 1.38 bits per heavy atom. The van der Waals surface area contributed by atoms with Gasteiger partial charge in [0.15, 0.2) is 0 Å². The van der Waals surface area contributed by atoms with E-state index in [1.54, 1.807) is 0 Å². The average Bonchev–Trinajstić information content (AvgIpc) is 2.01. The van der Waals surface area contributed by atoms with Crippen molar-refractivity contribution >= 4 is 22.6 Å². The molecule has 1 rings (SSSR count). The number of rotatable bonds is 1. The summed E-state index contributed by atoms with van der Waals surface area (Å²) in [5, 5.41) is 7.90. The predicted molar refractivity (Wildman–Crippen MR) is 62.6 cm³/mol. The summed E-state index contributed by atoms with van der Waals surface area (Å²) in [6.45, 7) is 8.95. The number of hydrogen-bond donors (Lipinski definition) is 0. The van der Waals surface area contributed by atoms with Crippen LogP contribution in [0.15, 0.2) is 12.3 Å². The van der Waals surface area contributed by atoms with E-state index in [4.69, 9.17) is 0 Å². The van der Waals surface area contributed by atoms with Crippen LogP contribution in [0.2, 0.25) is 0 Å². The Balaban J connectivity index is 2.96. The molecular weight excluding hydrogens is 275 g/mol. The summed E-state index contributed by atoms with van der Waals surface area (Å²) in [7, 11) is 0. The third-order valence-corrected chi connectivity index (χ3v) is 2.97. The minimum Gasteiger partial charge on any atom is -0.158 e. The van der Waals surface area contributed by atoms with Gasteiger partial charge >= 0.3 is 0 Å². The molecule has 72 valence electrons. The van der Waals surface area contributed by atoms with Gasteiger partial charge in [0, 0.05) is 0 Å². The third kappa shape index (κ3) is 2.90. The highest BCUT2D eigenvalue weighted by atomic mass is 127. The van der Waals surface area contributed by atoms with Crippen LogP contribution in [-0.2, 0) is 0 Å². The van der Waals surface area contributed by atoms with E-state index >= 15 is 0 Å². The van der Waals surface area contributed by atoms with E-state index in [2.05, 4.69) is 66.5 Å². The molecule has 0 N–H and O–H groups in total. The Hall–Kier alpha value is -0.190. The van der Waals surface area contributed by atoms with Crippen molar-refractivity contribution in [3.63, 3.8) is 0 Å². The minimum absolute atomic E-state index is 0.284. The zero-order chi connectivity index (χ0) is 10.1. The molecule has 0 saturated heterocycles. The largest absolute Gasteiger partial charge is 0.158 e. The van der Waals surface area contributed by atoms with Crippen LogP contribution in [0.3, 0.4) is 0 Å². The van der Waals surface area contributed by atoms with Gasteiger partial charge in [-0.25, -0.2) is 0 Å². The minimum atomic E-state index is 0.284. The number of aromatic nitrogens is 2. The highest BCUT2D eigenvalue weighted by molar-refractivity contribution is 14.1. The van der Waals surface area contributed by atoms with E-state index in [1.165, 1.54) is 5.56 Å². The first-order valence-corrected chi connectivity index (χ1v) is 5.47. The number of hydrogen-bond acceptors (Lipinski definition) is 2. The maximum Gasteiger partial charge on any atom is 0.124 e. The van der Waals surface area contributed by atoms with Gasteiger partial charge in [-0.3, -0.25) is 0 Å². The molecule has 0 radical (unpaired) electrons. The van der Waals surface area contributed by atoms with Crippen LogP contribution in [0.5, 0.6) is 0 Å². The molecule has 1 aromatic rings. The van der Waals surface area contributed by atoms with Crippen LogP contribution < -0.4 is 0 Å². The first kappa shape index (κ1) is 10.9. The van der Waals surface area contributed by atoms with Crippen molar-refractivity contribution in [2.45, 2.75) is 33.6 Å². The van der Waals surface area contributed by atoms with Crippen molar-refractivity contribution < 1.29 is 0 Å². The van der Waals surface area contributed by atoms with Gasteiger partial charge < -0.3 is 0 Å². The molecule has 1 unspecified atom stereocenters. The monoisotopic (exact) mass is 290 g/mol. The van der Waals surface area contributed by atoms with E-state index in [0.717, 1.165) is 3.70 Å². The van der Waals surface area contributed by atoms with Crippen LogP contribution >= 0.6 is 22.6 Å². The Morgan fingerprint density at radius 3 is 2.46 bits per heavy atom. The van der Waals surface area contributed by atoms with Gasteiger partial charge in [-0.15, -0.1) is 5.10 Å². The van der Waals surface area contributed by atoms with Crippen molar-refractivity contribution in [2.24, 2.45) is 5.41 Å². The molecule has 2 nitrogen and oxygen atoms in total. The summed E-state index contributed by atoms with van der Waals surface area (Å²) in [6.07, 6.45) is 1.86. The van der Waals surface area contributed by atoms with Gasteiger partial charge in [-0.2, -0.15) is 5.10 Å². The van der Waals surface area contributed by atoms with Gasteiger partial charge in [0.1, 0.15) is 3.70 Å². The predicted octanol–water partition coefficient (Wildman–Crippen LogP) is 3.23. The molecule has 0 saturated carbocycles. The lowest BCUT2D eigenvalue weighted by Gasteiger charge is -2.27. The van der Waals surface area contributed by atoms with Crippen molar-refractivity contribution in [1.29, 1.82) is 0 Å². The molecule has 1 atom stereocenters. The zero-order valence-corrected chi connectivity index (χ0v) is 10.7. The SMILES string of the molecule is CC(c1cnnc(I)c1)C(C)(C)C. The second-order valence-corrected chi connectivity index (χ2v) is 5.50. The summed E-state index contributed by atoms with van der Waals surface area (Å²) in [6, 6.07) is 2.10. The molecular formula is C10H15IN2. The molecule has 1 heterocycles. The van der Waals surface area contributed by atoms with Crippen molar-refractivity contribution in [3.05, 3.63) is 21.5 Å².